The highest BCUT2D eigenvalue weighted by atomic mass is 32.2. The van der Waals surface area contributed by atoms with E-state index in [-0.39, 0.29) is 29.5 Å². The molecule has 10 heteroatoms. The van der Waals surface area contributed by atoms with E-state index in [1.807, 2.05) is 43.3 Å². The molecule has 0 fully saturated rings. The maximum absolute atomic E-state index is 14.4. The molecule has 230 valence electrons. The number of rotatable bonds is 13. The fraction of sp³-hybridized carbons (Fsp3) is 0.235. The minimum Gasteiger partial charge on any atom is -0.497 e. The van der Waals surface area contributed by atoms with Crippen LogP contribution in [0.4, 0.5) is 5.69 Å². The van der Waals surface area contributed by atoms with Crippen LogP contribution in [0.1, 0.15) is 16.7 Å². The zero-order valence-corrected chi connectivity index (χ0v) is 26.1. The molecule has 0 radical (unpaired) electrons. The Bertz CT molecular complexity index is 1680. The summed E-state index contributed by atoms with van der Waals surface area (Å²) in [5, 5.41) is 2.68. The first-order chi connectivity index (χ1) is 21.2. The summed E-state index contributed by atoms with van der Waals surface area (Å²) in [6.45, 7) is 1.34. The second-order valence-corrected chi connectivity index (χ2v) is 12.1. The van der Waals surface area contributed by atoms with Crippen molar-refractivity contribution in [2.75, 3.05) is 32.1 Å². The molecule has 1 atom stereocenters. The maximum atomic E-state index is 14.4. The van der Waals surface area contributed by atoms with Gasteiger partial charge < -0.3 is 19.7 Å². The third kappa shape index (κ3) is 7.76. The first kappa shape index (κ1) is 32.1. The van der Waals surface area contributed by atoms with Crippen LogP contribution < -0.4 is 19.1 Å². The number of carbonyl (C=O) groups is 2. The number of hydrogen-bond donors (Lipinski definition) is 1. The number of sulfonamides is 1. The molecule has 0 aliphatic heterocycles. The lowest BCUT2D eigenvalue weighted by Crippen LogP contribution is -2.53. The number of ether oxygens (including phenoxy) is 2. The van der Waals surface area contributed by atoms with Crippen LogP contribution in [0.5, 0.6) is 11.5 Å². The minimum absolute atomic E-state index is 0.0326. The van der Waals surface area contributed by atoms with Gasteiger partial charge in [-0.15, -0.1) is 0 Å². The lowest BCUT2D eigenvalue weighted by molar-refractivity contribution is -0.139. The van der Waals surface area contributed by atoms with Gasteiger partial charge in [0.2, 0.25) is 11.8 Å². The summed E-state index contributed by atoms with van der Waals surface area (Å²) in [7, 11) is 0.335. The van der Waals surface area contributed by atoms with E-state index >= 15 is 0 Å². The molecule has 44 heavy (non-hydrogen) atoms. The van der Waals surface area contributed by atoms with E-state index in [0.29, 0.717) is 17.1 Å². The number of amides is 2. The third-order valence-corrected chi connectivity index (χ3v) is 9.02. The van der Waals surface area contributed by atoms with Gasteiger partial charge in [0.25, 0.3) is 10.0 Å². The van der Waals surface area contributed by atoms with Gasteiger partial charge in [-0.1, -0.05) is 66.2 Å². The molecule has 2 amide bonds. The first-order valence-electron chi connectivity index (χ1n) is 14.1. The van der Waals surface area contributed by atoms with E-state index < -0.39 is 28.5 Å². The van der Waals surface area contributed by atoms with E-state index in [0.717, 1.165) is 15.4 Å². The summed E-state index contributed by atoms with van der Waals surface area (Å²) in [5.41, 5.74) is 2.71. The van der Waals surface area contributed by atoms with Gasteiger partial charge in [-0.25, -0.2) is 8.42 Å². The summed E-state index contributed by atoms with van der Waals surface area (Å²) < 4.78 is 40.0. The first-order valence-corrected chi connectivity index (χ1v) is 15.5. The summed E-state index contributed by atoms with van der Waals surface area (Å²) in [6, 6.07) is 28.6. The number of carbonyl (C=O) groups excluding carboxylic acids is 2. The monoisotopic (exact) mass is 615 g/mol. The Balaban J connectivity index is 1.81. The molecule has 4 aromatic rings. The van der Waals surface area contributed by atoms with Crippen LogP contribution in [-0.2, 0) is 32.6 Å². The summed E-state index contributed by atoms with van der Waals surface area (Å²) in [6.07, 6.45) is 0.222. The third-order valence-electron chi connectivity index (χ3n) is 7.23. The maximum Gasteiger partial charge on any atom is 0.264 e. The summed E-state index contributed by atoms with van der Waals surface area (Å²) in [4.78, 5) is 29.3. The molecule has 0 aromatic heterocycles. The van der Waals surface area contributed by atoms with Crippen LogP contribution in [0.15, 0.2) is 108 Å². The van der Waals surface area contributed by atoms with E-state index in [9.17, 15) is 18.0 Å². The number of benzene rings is 4. The van der Waals surface area contributed by atoms with Gasteiger partial charge in [0.05, 0.1) is 24.8 Å². The number of nitrogens with zero attached hydrogens (tertiary/aromatic N) is 2. The Kier molecular flexibility index (Phi) is 10.6. The van der Waals surface area contributed by atoms with Gasteiger partial charge >= 0.3 is 0 Å². The molecule has 0 spiro atoms. The lowest BCUT2D eigenvalue weighted by Gasteiger charge is -2.33. The molecular weight excluding hydrogens is 578 g/mol. The van der Waals surface area contributed by atoms with Gasteiger partial charge in [-0.05, 0) is 54.4 Å². The van der Waals surface area contributed by atoms with Crippen molar-refractivity contribution >= 4 is 27.5 Å². The van der Waals surface area contributed by atoms with Crippen molar-refractivity contribution in [3.63, 3.8) is 0 Å². The highest BCUT2D eigenvalue weighted by Gasteiger charge is 2.34. The molecule has 0 aliphatic rings. The van der Waals surface area contributed by atoms with Crippen molar-refractivity contribution in [3.05, 3.63) is 120 Å². The normalized spacial score (nSPS) is 11.7. The Labute approximate surface area is 259 Å². The van der Waals surface area contributed by atoms with Crippen molar-refractivity contribution < 1.29 is 27.5 Å². The van der Waals surface area contributed by atoms with Gasteiger partial charge in [0.1, 0.15) is 24.1 Å². The van der Waals surface area contributed by atoms with E-state index in [1.165, 1.54) is 31.2 Å². The van der Waals surface area contributed by atoms with Crippen LogP contribution in [0.2, 0.25) is 0 Å². The van der Waals surface area contributed by atoms with E-state index in [2.05, 4.69) is 5.32 Å². The Morgan fingerprint density at radius 3 is 2.05 bits per heavy atom. The Hall–Kier alpha value is -4.83. The van der Waals surface area contributed by atoms with Crippen LogP contribution in [0.25, 0.3) is 0 Å². The van der Waals surface area contributed by atoms with Gasteiger partial charge in [-0.2, -0.15) is 0 Å². The predicted molar refractivity (Wildman–Crippen MR) is 170 cm³/mol. The van der Waals surface area contributed by atoms with Crippen molar-refractivity contribution in [2.45, 2.75) is 30.8 Å². The van der Waals surface area contributed by atoms with Gasteiger partial charge in [-0.3, -0.25) is 13.9 Å². The Morgan fingerprint density at radius 1 is 0.795 bits per heavy atom. The SMILES string of the molecule is CNC(=O)C(Cc1ccccc1)N(Cc1cccc(OC)c1)C(=O)CN(c1cccc(OC)c1)S(=O)(=O)c1ccc(C)cc1. The average molecular weight is 616 g/mol. The quantitative estimate of drug-likeness (QED) is 0.236. The zero-order chi connectivity index (χ0) is 31.7. The van der Waals surface area contributed by atoms with Crippen molar-refractivity contribution in [3.8, 4) is 11.5 Å². The minimum atomic E-state index is -4.21. The number of hydrogen-bond acceptors (Lipinski definition) is 6. The van der Waals surface area contributed by atoms with Crippen molar-refractivity contribution in [2.24, 2.45) is 0 Å². The predicted octanol–water partition coefficient (Wildman–Crippen LogP) is 4.59. The van der Waals surface area contributed by atoms with Crippen LogP contribution in [0.3, 0.4) is 0 Å². The molecular formula is C34H37N3O6S. The van der Waals surface area contributed by atoms with Crippen LogP contribution in [-0.4, -0.2) is 59.0 Å². The fourth-order valence-electron chi connectivity index (χ4n) is 4.82. The molecule has 9 nitrogen and oxygen atoms in total. The largest absolute Gasteiger partial charge is 0.497 e. The highest BCUT2D eigenvalue weighted by Crippen LogP contribution is 2.28. The molecule has 1 unspecified atom stereocenters. The number of nitrogens with one attached hydrogen (secondary N) is 1. The van der Waals surface area contributed by atoms with Crippen LogP contribution in [0, 0.1) is 6.92 Å². The van der Waals surface area contributed by atoms with Gasteiger partial charge in [0.15, 0.2) is 0 Å². The van der Waals surface area contributed by atoms with Crippen molar-refractivity contribution in [1.82, 2.24) is 10.2 Å². The number of likely N-dealkylation sites (N-methyl/N-ethyl adjacent to an activating group) is 1. The average Bonchev–Trinajstić information content (AvgIpc) is 3.05. The topological polar surface area (TPSA) is 105 Å². The van der Waals surface area contributed by atoms with Crippen molar-refractivity contribution in [1.29, 1.82) is 0 Å². The van der Waals surface area contributed by atoms with Crippen LogP contribution >= 0.6 is 0 Å². The number of anilines is 1. The second kappa shape index (κ2) is 14.6. The molecule has 4 aromatic carbocycles. The second-order valence-electron chi connectivity index (χ2n) is 10.2. The standard InChI is InChI=1S/C34H37N3O6S/c1-25-16-18-31(19-17-25)44(40,41)37(28-13-9-15-30(22-28)43-4)24-33(38)36(23-27-12-8-14-29(20-27)42-3)32(34(39)35-2)21-26-10-6-5-7-11-26/h5-20,22,32H,21,23-24H2,1-4H3,(H,35,39). The molecule has 0 saturated carbocycles. The zero-order valence-electron chi connectivity index (χ0n) is 25.3. The number of aryl methyl sites for hydroxylation is 1. The number of methoxy groups -OCH3 is 2. The molecule has 0 bridgehead atoms. The fourth-order valence-corrected chi connectivity index (χ4v) is 6.23. The van der Waals surface area contributed by atoms with E-state index in [4.69, 9.17) is 9.47 Å². The Morgan fingerprint density at radius 2 is 1.41 bits per heavy atom. The molecule has 0 aliphatic carbocycles. The smallest absolute Gasteiger partial charge is 0.264 e. The molecule has 0 saturated heterocycles. The highest BCUT2D eigenvalue weighted by molar-refractivity contribution is 7.92. The molecule has 0 heterocycles. The molecule has 4 rings (SSSR count). The lowest BCUT2D eigenvalue weighted by atomic mass is 10.0. The summed E-state index contributed by atoms with van der Waals surface area (Å²) >= 11 is 0. The van der Waals surface area contributed by atoms with Gasteiger partial charge in [0, 0.05) is 26.1 Å². The summed E-state index contributed by atoms with van der Waals surface area (Å²) in [5.74, 6) is 0.0873. The molecule has 1 N–H and O–H groups in total. The van der Waals surface area contributed by atoms with E-state index in [1.54, 1.807) is 61.7 Å².